The number of aliphatic hydroxyl groups is 3. The lowest BCUT2D eigenvalue weighted by atomic mass is 9.69. The Balaban J connectivity index is 2.04. The van der Waals surface area contributed by atoms with Crippen LogP contribution in [0.25, 0.3) is 11.4 Å². The number of primary amides is 1. The minimum Gasteiger partial charge on any atom is -0.507 e. The molecule has 1 aliphatic carbocycles. The van der Waals surface area contributed by atoms with Gasteiger partial charge in [0.1, 0.15) is 5.75 Å². The largest absolute Gasteiger partial charge is 0.507 e. The smallest absolute Gasteiger partial charge is 0.224 e. The molecule has 0 radical (unpaired) electrons. The topological polar surface area (TPSA) is 187 Å². The number of ketones is 2. The number of phenolic OH excluding ortho intramolecular Hbond substituents is 1. The highest BCUT2D eigenvalue weighted by Gasteiger charge is 2.49. The molecule has 1 aromatic carbocycles. The Morgan fingerprint density at radius 2 is 1.86 bits per heavy atom. The maximum Gasteiger partial charge on any atom is 0.224 e. The van der Waals surface area contributed by atoms with Crippen LogP contribution in [0.3, 0.4) is 0 Å². The Kier molecular flexibility index (Phi) is 8.51. The lowest BCUT2D eigenvalue weighted by Crippen LogP contribution is -2.58. The van der Waals surface area contributed by atoms with Gasteiger partial charge in [-0.25, -0.2) is 9.97 Å². The molecule has 11 heteroatoms. The average Bonchev–Trinajstić information content (AvgIpc) is 2.83. The van der Waals surface area contributed by atoms with Gasteiger partial charge in [-0.2, -0.15) is 0 Å². The number of aliphatic hydroxyl groups excluding tert-OH is 2. The molecule has 2 aromatic rings. The second kappa shape index (κ2) is 11.2. The van der Waals surface area contributed by atoms with Crippen LogP contribution < -0.4 is 5.73 Å². The highest BCUT2D eigenvalue weighted by molar-refractivity contribution is 6.03. The second-order valence-electron chi connectivity index (χ2n) is 9.46. The molecule has 0 unspecified atom stereocenters. The summed E-state index contributed by atoms with van der Waals surface area (Å²) in [7, 11) is 3.29. The van der Waals surface area contributed by atoms with Gasteiger partial charge in [0.15, 0.2) is 23.0 Å². The van der Waals surface area contributed by atoms with Crippen molar-refractivity contribution in [2.75, 3.05) is 27.3 Å². The molecule has 1 aliphatic rings. The van der Waals surface area contributed by atoms with Gasteiger partial charge in [-0.15, -0.1) is 0 Å². The third kappa shape index (κ3) is 5.44. The number of likely N-dealkylation sites (N-methyl/N-ethyl adjacent to an activating group) is 1. The van der Waals surface area contributed by atoms with Crippen LogP contribution in [-0.2, 0) is 16.0 Å². The maximum atomic E-state index is 13.2. The number of aromatic nitrogens is 2. The number of benzene rings is 1. The number of rotatable bonds is 11. The van der Waals surface area contributed by atoms with E-state index in [1.54, 1.807) is 43.5 Å². The summed E-state index contributed by atoms with van der Waals surface area (Å²) in [4.78, 5) is 47.5. The molecule has 36 heavy (non-hydrogen) atoms. The summed E-state index contributed by atoms with van der Waals surface area (Å²) < 4.78 is 0. The van der Waals surface area contributed by atoms with Crippen LogP contribution in [-0.4, -0.2) is 91.7 Å². The summed E-state index contributed by atoms with van der Waals surface area (Å²) in [6.45, 7) is -1.44. The first-order chi connectivity index (χ1) is 17.0. The summed E-state index contributed by atoms with van der Waals surface area (Å²) in [5, 5.41) is 42.0. The predicted octanol–water partition coefficient (Wildman–Crippen LogP) is -0.309. The molecule has 0 spiro atoms. The number of carbonyl (C=O) groups is 3. The molecule has 0 bridgehead atoms. The summed E-state index contributed by atoms with van der Waals surface area (Å²) >= 11 is 0. The lowest BCUT2D eigenvalue weighted by Gasteiger charge is -2.42. The number of nitrogens with two attached hydrogens (primary N) is 1. The first-order valence-electron chi connectivity index (χ1n) is 11.6. The zero-order valence-corrected chi connectivity index (χ0v) is 20.3. The number of aromatic hydroxyl groups is 1. The molecule has 0 saturated carbocycles. The van der Waals surface area contributed by atoms with Crippen molar-refractivity contribution in [3.05, 3.63) is 41.7 Å². The van der Waals surface area contributed by atoms with Crippen molar-refractivity contribution in [2.45, 2.75) is 37.3 Å². The number of hydrogen-bond acceptors (Lipinski definition) is 10. The number of Topliss-reactive ketones (excluding diaryl/α,β-unsaturated/α-hetero) is 2. The van der Waals surface area contributed by atoms with E-state index in [0.29, 0.717) is 17.0 Å². The monoisotopic (exact) mass is 500 g/mol. The second-order valence-corrected chi connectivity index (χ2v) is 9.46. The van der Waals surface area contributed by atoms with Gasteiger partial charge in [-0.1, -0.05) is 0 Å². The average molecular weight is 501 g/mol. The Labute approximate surface area is 208 Å². The van der Waals surface area contributed by atoms with Gasteiger partial charge < -0.3 is 31.1 Å². The van der Waals surface area contributed by atoms with Crippen LogP contribution in [0.2, 0.25) is 0 Å². The summed E-state index contributed by atoms with van der Waals surface area (Å²) in [5.74, 6) is -3.48. The van der Waals surface area contributed by atoms with Crippen LogP contribution in [0.5, 0.6) is 5.75 Å². The van der Waals surface area contributed by atoms with Gasteiger partial charge in [-0.05, 0) is 56.6 Å². The SMILES string of the molecule is CN(C)[C@@H](CO)[C@H](C[C@H]1CC(=O)c2c(O)ccc(-c3ncccn3)c2C1)[C@](O)(CO)C(=O)CC(N)=O. The molecule has 0 saturated heterocycles. The molecular weight excluding hydrogens is 468 g/mol. The van der Waals surface area contributed by atoms with E-state index in [-0.39, 0.29) is 36.4 Å². The third-order valence-electron chi connectivity index (χ3n) is 6.92. The van der Waals surface area contributed by atoms with Crippen molar-refractivity contribution < 1.29 is 34.8 Å². The highest BCUT2D eigenvalue weighted by atomic mass is 16.3. The number of amides is 1. The van der Waals surface area contributed by atoms with Gasteiger partial charge in [-0.3, -0.25) is 14.4 Å². The zero-order chi connectivity index (χ0) is 26.6. The molecule has 6 N–H and O–H groups in total. The van der Waals surface area contributed by atoms with Gasteiger partial charge >= 0.3 is 0 Å². The zero-order valence-electron chi connectivity index (χ0n) is 20.3. The molecule has 0 aliphatic heterocycles. The third-order valence-corrected chi connectivity index (χ3v) is 6.92. The first kappa shape index (κ1) is 27.3. The van der Waals surface area contributed by atoms with Crippen molar-refractivity contribution >= 4 is 17.5 Å². The summed E-state index contributed by atoms with van der Waals surface area (Å²) in [6, 6.07) is 3.93. The quantitative estimate of drug-likeness (QED) is 0.256. The summed E-state index contributed by atoms with van der Waals surface area (Å²) in [5.41, 5.74) is 4.09. The summed E-state index contributed by atoms with van der Waals surface area (Å²) in [6.07, 6.45) is 2.70. The van der Waals surface area contributed by atoms with Crippen molar-refractivity contribution in [1.82, 2.24) is 14.9 Å². The molecule has 1 heterocycles. The number of phenols is 1. The van der Waals surface area contributed by atoms with Gasteiger partial charge in [0.2, 0.25) is 5.91 Å². The molecular formula is C25H32N4O7. The molecule has 11 nitrogen and oxygen atoms in total. The Hall–Kier alpha value is -3.25. The Morgan fingerprint density at radius 3 is 2.42 bits per heavy atom. The highest BCUT2D eigenvalue weighted by Crippen LogP contribution is 2.41. The normalized spacial score (nSPS) is 18.8. The number of hydrogen-bond donors (Lipinski definition) is 5. The van der Waals surface area contributed by atoms with E-state index < -0.39 is 54.8 Å². The van der Waals surface area contributed by atoms with Crippen molar-refractivity contribution in [1.29, 1.82) is 0 Å². The molecule has 194 valence electrons. The van der Waals surface area contributed by atoms with Gasteiger partial charge in [0.25, 0.3) is 0 Å². The van der Waals surface area contributed by atoms with E-state index in [1.165, 1.54) is 6.07 Å². The van der Waals surface area contributed by atoms with Gasteiger partial charge in [0, 0.05) is 36.3 Å². The fraction of sp³-hybridized carbons (Fsp3) is 0.480. The van der Waals surface area contributed by atoms with E-state index in [0.717, 1.165) is 0 Å². The Morgan fingerprint density at radius 1 is 1.19 bits per heavy atom. The van der Waals surface area contributed by atoms with E-state index in [1.807, 2.05) is 0 Å². The molecule has 1 amide bonds. The van der Waals surface area contributed by atoms with E-state index in [2.05, 4.69) is 9.97 Å². The fourth-order valence-corrected chi connectivity index (χ4v) is 5.10. The minimum absolute atomic E-state index is 0.00720. The predicted molar refractivity (Wildman–Crippen MR) is 129 cm³/mol. The van der Waals surface area contributed by atoms with Crippen LogP contribution in [0.15, 0.2) is 30.6 Å². The van der Waals surface area contributed by atoms with E-state index >= 15 is 0 Å². The van der Waals surface area contributed by atoms with E-state index in [9.17, 15) is 34.8 Å². The van der Waals surface area contributed by atoms with Gasteiger partial charge in [0.05, 0.1) is 25.2 Å². The first-order valence-corrected chi connectivity index (χ1v) is 11.6. The molecule has 0 fully saturated rings. The van der Waals surface area contributed by atoms with Crippen molar-refractivity contribution in [3.8, 4) is 17.1 Å². The van der Waals surface area contributed by atoms with Crippen molar-refractivity contribution in [3.63, 3.8) is 0 Å². The van der Waals surface area contributed by atoms with Crippen LogP contribution >= 0.6 is 0 Å². The van der Waals surface area contributed by atoms with Crippen molar-refractivity contribution in [2.24, 2.45) is 17.6 Å². The Bertz CT molecular complexity index is 1120. The number of fused-ring (bicyclic) bond motifs is 1. The molecule has 1 aromatic heterocycles. The lowest BCUT2D eigenvalue weighted by molar-refractivity contribution is -0.157. The maximum absolute atomic E-state index is 13.2. The van der Waals surface area contributed by atoms with Crippen LogP contribution in [0, 0.1) is 11.8 Å². The number of nitrogens with zero attached hydrogens (tertiary/aromatic N) is 3. The molecule has 4 atom stereocenters. The van der Waals surface area contributed by atoms with Crippen LogP contribution in [0.1, 0.15) is 35.2 Å². The van der Waals surface area contributed by atoms with Crippen LogP contribution in [0.4, 0.5) is 0 Å². The standard InChI is InChI=1S/C25H32N4O7/c1-29(2)18(12-30)17(25(36,13-31)21(34)11-22(26)35)9-14-8-16-15(24-27-6-3-7-28-24)4-5-19(32)23(16)20(33)10-14/h3-7,14,17-18,30-32,36H,8-13H2,1-2H3,(H2,26,35)/t14-,17-,18-,25+/m0/s1. The minimum atomic E-state index is -2.37. The molecule has 3 rings (SSSR count). The fourth-order valence-electron chi connectivity index (χ4n) is 5.10. The number of carbonyl (C=O) groups excluding carboxylic acids is 3. The van der Waals surface area contributed by atoms with E-state index in [4.69, 9.17) is 5.73 Å².